The van der Waals surface area contributed by atoms with E-state index in [0.29, 0.717) is 0 Å². The molecule has 0 nitrogen and oxygen atoms in total. The Kier molecular flexibility index (Phi) is 3.67. The van der Waals surface area contributed by atoms with Gasteiger partial charge in [0.1, 0.15) is 0 Å². The number of rotatable bonds is 2. The van der Waals surface area contributed by atoms with Gasteiger partial charge in [-0.15, -0.1) is 0 Å². The van der Waals surface area contributed by atoms with Gasteiger partial charge in [-0.05, 0) is 70.5 Å². The molecule has 2 heteroatoms. The smallest absolute Gasteiger partial charge is 0.0178 e. The van der Waals surface area contributed by atoms with E-state index in [4.69, 9.17) is 0 Å². The lowest BCUT2D eigenvalue weighted by Gasteiger charge is -1.99. The Morgan fingerprint density at radius 2 is 1.14 bits per heavy atom. The fraction of sp³-hybridized carbons (Fsp3) is 0.100. The second-order valence-electron chi connectivity index (χ2n) is 5.81. The summed E-state index contributed by atoms with van der Waals surface area (Å²) in [5.74, 6) is 0. The lowest BCUT2D eigenvalue weighted by molar-refractivity contribution is 1.22. The van der Waals surface area contributed by atoms with Crippen LogP contribution in [0, 0.1) is 0 Å². The van der Waals surface area contributed by atoms with Crippen LogP contribution in [-0.4, -0.2) is 0 Å². The predicted octanol–water partition coefficient (Wildman–Crippen LogP) is 6.35. The zero-order valence-corrected chi connectivity index (χ0v) is 15.1. The number of benzene rings is 2. The molecule has 0 aromatic heterocycles. The maximum absolute atomic E-state index is 3.55. The van der Waals surface area contributed by atoms with Gasteiger partial charge in [0.2, 0.25) is 0 Å². The van der Waals surface area contributed by atoms with Crippen molar-refractivity contribution < 1.29 is 0 Å². The highest BCUT2D eigenvalue weighted by molar-refractivity contribution is 9.10. The molecule has 2 aromatic carbocycles. The van der Waals surface area contributed by atoms with Crippen molar-refractivity contribution in [1.82, 2.24) is 0 Å². The third-order valence-corrected chi connectivity index (χ3v) is 5.18. The topological polar surface area (TPSA) is 0 Å². The molecule has 4 rings (SSSR count). The van der Waals surface area contributed by atoms with E-state index in [1.807, 2.05) is 0 Å². The monoisotopic (exact) mass is 412 g/mol. The second kappa shape index (κ2) is 5.68. The van der Waals surface area contributed by atoms with Crippen molar-refractivity contribution in [1.29, 1.82) is 0 Å². The van der Waals surface area contributed by atoms with Crippen molar-refractivity contribution in [2.75, 3.05) is 0 Å². The maximum atomic E-state index is 3.55. The Labute approximate surface area is 147 Å². The molecular weight excluding hydrogens is 400 g/mol. The fourth-order valence-corrected chi connectivity index (χ4v) is 3.92. The van der Waals surface area contributed by atoms with Gasteiger partial charge in [-0.25, -0.2) is 0 Å². The maximum Gasteiger partial charge on any atom is 0.0178 e. The van der Waals surface area contributed by atoms with Gasteiger partial charge in [0, 0.05) is 8.95 Å². The van der Waals surface area contributed by atoms with Crippen LogP contribution in [0.5, 0.6) is 0 Å². The van der Waals surface area contributed by atoms with Crippen LogP contribution in [0.1, 0.15) is 22.3 Å². The van der Waals surface area contributed by atoms with Crippen molar-refractivity contribution >= 4 is 44.0 Å². The number of hydrogen-bond donors (Lipinski definition) is 0. The predicted molar refractivity (Wildman–Crippen MR) is 101 cm³/mol. The summed E-state index contributed by atoms with van der Waals surface area (Å²) < 4.78 is 2.31. The fourth-order valence-electron chi connectivity index (χ4n) is 3.11. The Morgan fingerprint density at radius 3 is 1.59 bits per heavy atom. The Hall–Kier alpha value is -1.38. The van der Waals surface area contributed by atoms with E-state index in [2.05, 4.69) is 92.6 Å². The Balaban J connectivity index is 1.51. The largest absolute Gasteiger partial charge is 0.0584 e. The summed E-state index contributed by atoms with van der Waals surface area (Å²) in [6, 6.07) is 13.0. The van der Waals surface area contributed by atoms with Gasteiger partial charge in [0.25, 0.3) is 0 Å². The van der Waals surface area contributed by atoms with Crippen molar-refractivity contribution in [3.63, 3.8) is 0 Å². The SMILES string of the molecule is Brc1ccc2c(c1)CC(/C=C/C1=Cc3ccc(Br)cc3C1)=C2. The molecule has 0 spiro atoms. The van der Waals surface area contributed by atoms with Crippen LogP contribution >= 0.6 is 31.9 Å². The highest BCUT2D eigenvalue weighted by Crippen LogP contribution is 2.31. The van der Waals surface area contributed by atoms with E-state index in [9.17, 15) is 0 Å². The average molecular weight is 414 g/mol. The molecule has 0 fully saturated rings. The molecule has 0 saturated carbocycles. The van der Waals surface area contributed by atoms with Crippen LogP contribution in [0.15, 0.2) is 68.6 Å². The van der Waals surface area contributed by atoms with Crippen LogP contribution in [0.3, 0.4) is 0 Å². The van der Waals surface area contributed by atoms with Crippen molar-refractivity contribution in [2.45, 2.75) is 12.8 Å². The minimum Gasteiger partial charge on any atom is -0.0584 e. The van der Waals surface area contributed by atoms with Crippen molar-refractivity contribution in [2.24, 2.45) is 0 Å². The first-order valence-corrected chi connectivity index (χ1v) is 8.92. The van der Waals surface area contributed by atoms with E-state index < -0.39 is 0 Å². The Morgan fingerprint density at radius 1 is 0.682 bits per heavy atom. The molecule has 0 N–H and O–H groups in total. The van der Waals surface area contributed by atoms with E-state index in [0.717, 1.165) is 21.8 Å². The van der Waals surface area contributed by atoms with Crippen LogP contribution in [0.2, 0.25) is 0 Å². The molecule has 2 aliphatic carbocycles. The number of halogens is 2. The third-order valence-electron chi connectivity index (χ3n) is 4.19. The molecule has 0 radical (unpaired) electrons. The van der Waals surface area contributed by atoms with Gasteiger partial charge < -0.3 is 0 Å². The second-order valence-corrected chi connectivity index (χ2v) is 7.64. The lowest BCUT2D eigenvalue weighted by Crippen LogP contribution is -1.84. The minimum atomic E-state index is 1.02. The molecule has 0 saturated heterocycles. The molecular formula is C20H14Br2. The van der Waals surface area contributed by atoms with Gasteiger partial charge in [0.05, 0.1) is 0 Å². The molecule has 0 unspecified atom stereocenters. The standard InChI is InChI=1S/C20H14Br2/c21-19-5-3-15-7-13(9-17(15)11-19)1-2-14-8-16-4-6-20(22)12-18(16)10-14/h1-8,11-12H,9-10H2/b2-1+. The van der Waals surface area contributed by atoms with Gasteiger partial charge in [-0.1, -0.05) is 68.3 Å². The highest BCUT2D eigenvalue weighted by Gasteiger charge is 2.13. The van der Waals surface area contributed by atoms with E-state index >= 15 is 0 Å². The van der Waals surface area contributed by atoms with Gasteiger partial charge in [-0.2, -0.15) is 0 Å². The van der Waals surface area contributed by atoms with E-state index in [1.54, 1.807) is 0 Å². The first-order valence-electron chi connectivity index (χ1n) is 7.33. The zero-order valence-electron chi connectivity index (χ0n) is 11.9. The van der Waals surface area contributed by atoms with Gasteiger partial charge in [-0.3, -0.25) is 0 Å². The summed E-state index contributed by atoms with van der Waals surface area (Å²) in [7, 11) is 0. The number of fused-ring (bicyclic) bond motifs is 2. The van der Waals surface area contributed by atoms with E-state index in [-0.39, 0.29) is 0 Å². The van der Waals surface area contributed by atoms with Crippen LogP contribution in [0.4, 0.5) is 0 Å². The zero-order chi connectivity index (χ0) is 15.1. The first-order chi connectivity index (χ1) is 10.7. The van der Waals surface area contributed by atoms with E-state index in [1.165, 1.54) is 33.4 Å². The quantitative estimate of drug-likeness (QED) is 0.538. The lowest BCUT2D eigenvalue weighted by atomic mass is 10.1. The first kappa shape index (κ1) is 14.2. The van der Waals surface area contributed by atoms with Crippen molar-refractivity contribution in [3.8, 4) is 0 Å². The molecule has 0 bridgehead atoms. The molecule has 108 valence electrons. The number of hydrogen-bond acceptors (Lipinski definition) is 0. The summed E-state index contributed by atoms with van der Waals surface area (Å²) in [4.78, 5) is 0. The molecule has 2 aromatic rings. The highest BCUT2D eigenvalue weighted by atomic mass is 79.9. The summed E-state index contributed by atoms with van der Waals surface area (Å²) in [6.45, 7) is 0. The van der Waals surface area contributed by atoms with Gasteiger partial charge in [0.15, 0.2) is 0 Å². The molecule has 2 aliphatic rings. The van der Waals surface area contributed by atoms with Crippen LogP contribution in [-0.2, 0) is 12.8 Å². The molecule has 0 heterocycles. The van der Waals surface area contributed by atoms with Crippen molar-refractivity contribution in [3.05, 3.63) is 90.9 Å². The van der Waals surface area contributed by atoms with Gasteiger partial charge >= 0.3 is 0 Å². The molecule has 0 atom stereocenters. The molecule has 0 aliphatic heterocycles. The molecule has 22 heavy (non-hydrogen) atoms. The number of allylic oxidation sites excluding steroid dienone is 4. The average Bonchev–Trinajstić information content (AvgIpc) is 3.07. The summed E-state index contributed by atoms with van der Waals surface area (Å²) in [5.41, 5.74) is 8.26. The molecule has 0 amide bonds. The normalized spacial score (nSPS) is 15.7. The third kappa shape index (κ3) is 2.78. The minimum absolute atomic E-state index is 1.02. The van der Waals surface area contributed by atoms with Crippen LogP contribution < -0.4 is 0 Å². The summed E-state index contributed by atoms with van der Waals surface area (Å²) in [6.07, 6.45) is 11.2. The Bertz CT molecular complexity index is 783. The summed E-state index contributed by atoms with van der Waals surface area (Å²) in [5, 5.41) is 0. The summed E-state index contributed by atoms with van der Waals surface area (Å²) >= 11 is 7.09. The van der Waals surface area contributed by atoms with Crippen LogP contribution in [0.25, 0.3) is 12.2 Å².